The van der Waals surface area contributed by atoms with Gasteiger partial charge in [-0.15, -0.1) is 12.4 Å². The molecule has 1 rings (SSSR count). The number of rotatable bonds is 7. The van der Waals surface area contributed by atoms with Gasteiger partial charge in [0.1, 0.15) is 5.75 Å². The number of hydrogen-bond donors (Lipinski definition) is 2. The van der Waals surface area contributed by atoms with E-state index in [2.05, 4.69) is 19.2 Å². The second kappa shape index (κ2) is 9.64. The van der Waals surface area contributed by atoms with E-state index in [0.717, 1.165) is 24.3 Å². The molecule has 1 amide bonds. The smallest absolute Gasteiger partial charge is 0.237 e. The fourth-order valence-corrected chi connectivity index (χ4v) is 1.69. The van der Waals surface area contributed by atoms with Crippen LogP contribution in [0.25, 0.3) is 0 Å². The summed E-state index contributed by atoms with van der Waals surface area (Å²) in [5, 5.41) is 2.87. The zero-order chi connectivity index (χ0) is 15.1. The molecule has 0 saturated carbocycles. The highest BCUT2D eigenvalue weighted by Crippen LogP contribution is 2.18. The van der Waals surface area contributed by atoms with Crippen LogP contribution in [0.2, 0.25) is 0 Å². The monoisotopic (exact) mass is 314 g/mol. The highest BCUT2D eigenvalue weighted by molar-refractivity contribution is 5.85. The van der Waals surface area contributed by atoms with E-state index in [1.54, 1.807) is 6.92 Å². The second-order valence-corrected chi connectivity index (χ2v) is 5.62. The molecule has 0 radical (unpaired) electrons. The third-order valence-electron chi connectivity index (χ3n) is 3.12. The molecule has 3 N–H and O–H groups in total. The molecule has 21 heavy (non-hydrogen) atoms. The molecule has 1 aromatic carbocycles. The normalized spacial score (nSPS) is 13.2. The SMILES string of the molecule is CC(C)CCOc1ccc(C(C)NC(=O)[C@H](C)N)cc1.Cl. The molecule has 0 heterocycles. The Kier molecular flexibility index (Phi) is 9.06. The zero-order valence-electron chi connectivity index (χ0n) is 13.3. The second-order valence-electron chi connectivity index (χ2n) is 5.62. The van der Waals surface area contributed by atoms with Crippen molar-refractivity contribution < 1.29 is 9.53 Å². The standard InChI is InChI=1S/C16H26N2O2.ClH/c1-11(2)9-10-20-15-7-5-14(6-8-15)13(4)18-16(19)12(3)17;/h5-8,11-13H,9-10,17H2,1-4H3,(H,18,19);1H/t12-,13?;/m0./s1. The molecule has 1 unspecified atom stereocenters. The van der Waals surface area contributed by atoms with E-state index in [0.29, 0.717) is 5.92 Å². The van der Waals surface area contributed by atoms with Crippen molar-refractivity contribution in [3.8, 4) is 5.75 Å². The van der Waals surface area contributed by atoms with Crippen molar-refractivity contribution in [1.29, 1.82) is 0 Å². The van der Waals surface area contributed by atoms with Crippen LogP contribution < -0.4 is 15.8 Å². The Bertz CT molecular complexity index is 419. The number of nitrogens with one attached hydrogen (secondary N) is 1. The lowest BCUT2D eigenvalue weighted by Gasteiger charge is -2.16. The minimum atomic E-state index is -0.490. The van der Waals surface area contributed by atoms with Gasteiger partial charge in [0.05, 0.1) is 18.7 Å². The quantitative estimate of drug-likeness (QED) is 0.813. The molecule has 1 aromatic rings. The molecule has 0 aromatic heterocycles. The molecule has 0 aliphatic heterocycles. The summed E-state index contributed by atoms with van der Waals surface area (Å²) in [6.07, 6.45) is 1.04. The van der Waals surface area contributed by atoms with Gasteiger partial charge in [-0.3, -0.25) is 4.79 Å². The van der Waals surface area contributed by atoms with Gasteiger partial charge in [-0.25, -0.2) is 0 Å². The third-order valence-corrected chi connectivity index (χ3v) is 3.12. The van der Waals surface area contributed by atoms with E-state index in [4.69, 9.17) is 10.5 Å². The van der Waals surface area contributed by atoms with Crippen molar-refractivity contribution in [1.82, 2.24) is 5.32 Å². The summed E-state index contributed by atoms with van der Waals surface area (Å²) in [6.45, 7) is 8.70. The Morgan fingerprint density at radius 3 is 2.24 bits per heavy atom. The van der Waals surface area contributed by atoms with Gasteiger partial charge in [-0.05, 0) is 43.9 Å². The van der Waals surface area contributed by atoms with Crippen molar-refractivity contribution in [3.05, 3.63) is 29.8 Å². The summed E-state index contributed by atoms with van der Waals surface area (Å²) < 4.78 is 5.66. The van der Waals surface area contributed by atoms with Crippen LogP contribution in [-0.2, 0) is 4.79 Å². The topological polar surface area (TPSA) is 64.3 Å². The lowest BCUT2D eigenvalue weighted by atomic mass is 10.1. The maximum Gasteiger partial charge on any atom is 0.237 e. The average Bonchev–Trinajstić information content (AvgIpc) is 2.38. The molecule has 4 nitrogen and oxygen atoms in total. The minimum absolute atomic E-state index is 0. The number of halogens is 1. The molecule has 0 aliphatic rings. The van der Waals surface area contributed by atoms with Gasteiger partial charge in [0.2, 0.25) is 5.91 Å². The fourth-order valence-electron chi connectivity index (χ4n) is 1.69. The predicted molar refractivity (Wildman–Crippen MR) is 88.8 cm³/mol. The summed E-state index contributed by atoms with van der Waals surface area (Å²) in [4.78, 5) is 11.5. The van der Waals surface area contributed by atoms with Crippen LogP contribution in [0.1, 0.15) is 45.7 Å². The average molecular weight is 315 g/mol. The molecule has 0 fully saturated rings. The van der Waals surface area contributed by atoms with Gasteiger partial charge in [0.15, 0.2) is 0 Å². The van der Waals surface area contributed by atoms with E-state index < -0.39 is 6.04 Å². The molecular weight excluding hydrogens is 288 g/mol. The summed E-state index contributed by atoms with van der Waals surface area (Å²) >= 11 is 0. The van der Waals surface area contributed by atoms with Gasteiger partial charge in [-0.1, -0.05) is 26.0 Å². The van der Waals surface area contributed by atoms with Gasteiger partial charge in [0, 0.05) is 0 Å². The van der Waals surface area contributed by atoms with Crippen LogP contribution in [0.5, 0.6) is 5.75 Å². The Hall–Kier alpha value is -1.26. The molecule has 5 heteroatoms. The summed E-state index contributed by atoms with van der Waals surface area (Å²) in [5.74, 6) is 1.36. The largest absolute Gasteiger partial charge is 0.494 e. The number of hydrogen-bond acceptors (Lipinski definition) is 3. The molecule has 2 atom stereocenters. The van der Waals surface area contributed by atoms with Gasteiger partial charge in [0.25, 0.3) is 0 Å². The first-order valence-electron chi connectivity index (χ1n) is 7.19. The Balaban J connectivity index is 0.00000400. The van der Waals surface area contributed by atoms with Crippen molar-refractivity contribution in [2.75, 3.05) is 6.61 Å². The summed E-state index contributed by atoms with van der Waals surface area (Å²) in [6, 6.07) is 7.26. The predicted octanol–water partition coefficient (Wildman–Crippen LogP) is 3.06. The maximum absolute atomic E-state index is 11.5. The van der Waals surface area contributed by atoms with Crippen LogP contribution in [0, 0.1) is 5.92 Å². The molecule has 0 saturated heterocycles. The van der Waals surface area contributed by atoms with Crippen molar-refractivity contribution >= 4 is 18.3 Å². The highest BCUT2D eigenvalue weighted by Gasteiger charge is 2.12. The van der Waals surface area contributed by atoms with Crippen molar-refractivity contribution in [3.63, 3.8) is 0 Å². The maximum atomic E-state index is 11.5. The van der Waals surface area contributed by atoms with E-state index in [9.17, 15) is 4.79 Å². The number of ether oxygens (including phenoxy) is 1. The van der Waals surface area contributed by atoms with Crippen LogP contribution in [0.15, 0.2) is 24.3 Å². The van der Waals surface area contributed by atoms with Crippen molar-refractivity contribution in [2.45, 2.75) is 46.2 Å². The number of carbonyl (C=O) groups excluding carboxylic acids is 1. The van der Waals surface area contributed by atoms with Crippen LogP contribution in [-0.4, -0.2) is 18.6 Å². The highest BCUT2D eigenvalue weighted by atomic mass is 35.5. The first-order valence-corrected chi connectivity index (χ1v) is 7.19. The van der Waals surface area contributed by atoms with Crippen LogP contribution in [0.4, 0.5) is 0 Å². The Morgan fingerprint density at radius 1 is 1.19 bits per heavy atom. The van der Waals surface area contributed by atoms with Crippen molar-refractivity contribution in [2.24, 2.45) is 11.7 Å². The van der Waals surface area contributed by atoms with Gasteiger partial charge in [-0.2, -0.15) is 0 Å². The van der Waals surface area contributed by atoms with E-state index in [1.807, 2.05) is 31.2 Å². The fraction of sp³-hybridized carbons (Fsp3) is 0.562. The first kappa shape index (κ1) is 19.7. The van der Waals surface area contributed by atoms with E-state index in [-0.39, 0.29) is 24.4 Å². The zero-order valence-corrected chi connectivity index (χ0v) is 14.1. The number of amides is 1. The molecule has 120 valence electrons. The lowest BCUT2D eigenvalue weighted by Crippen LogP contribution is -2.39. The Morgan fingerprint density at radius 2 is 1.76 bits per heavy atom. The number of carbonyl (C=O) groups is 1. The summed E-state index contributed by atoms with van der Waals surface area (Å²) in [7, 11) is 0. The van der Waals surface area contributed by atoms with Crippen LogP contribution >= 0.6 is 12.4 Å². The Labute approximate surface area is 133 Å². The summed E-state index contributed by atoms with van der Waals surface area (Å²) in [5.41, 5.74) is 6.57. The molecular formula is C16H27ClN2O2. The van der Waals surface area contributed by atoms with E-state index >= 15 is 0 Å². The van der Waals surface area contributed by atoms with E-state index in [1.165, 1.54) is 0 Å². The minimum Gasteiger partial charge on any atom is -0.494 e. The molecule has 0 spiro atoms. The van der Waals surface area contributed by atoms with Gasteiger partial charge < -0.3 is 15.8 Å². The lowest BCUT2D eigenvalue weighted by molar-refractivity contribution is -0.122. The molecule has 0 aliphatic carbocycles. The first-order chi connectivity index (χ1) is 9.40. The number of benzene rings is 1. The number of nitrogens with two attached hydrogens (primary N) is 1. The molecule has 0 bridgehead atoms. The third kappa shape index (κ3) is 7.34. The van der Waals surface area contributed by atoms with Gasteiger partial charge >= 0.3 is 0 Å². The van der Waals surface area contributed by atoms with Crippen LogP contribution in [0.3, 0.4) is 0 Å².